The predicted octanol–water partition coefficient (Wildman–Crippen LogP) is 4.93. The van der Waals surface area contributed by atoms with Crippen LogP contribution in [0.15, 0.2) is 12.1 Å². The summed E-state index contributed by atoms with van der Waals surface area (Å²) in [4.78, 5) is 0. The van der Waals surface area contributed by atoms with Crippen LogP contribution in [0.1, 0.15) is 46.6 Å². The van der Waals surface area contributed by atoms with Gasteiger partial charge in [-0.05, 0) is 53.2 Å². The Bertz CT molecular complexity index is 568. The zero-order chi connectivity index (χ0) is 16.2. The molecule has 1 aliphatic rings. The van der Waals surface area contributed by atoms with Crippen LogP contribution in [-0.4, -0.2) is 16.3 Å². The fraction of sp³-hybridized carbons (Fsp3) is 0.625. The van der Waals surface area contributed by atoms with Crippen molar-refractivity contribution in [2.75, 3.05) is 0 Å². The number of halogens is 3. The van der Waals surface area contributed by atoms with Gasteiger partial charge >= 0.3 is 0 Å². The van der Waals surface area contributed by atoms with Gasteiger partial charge in [0.25, 0.3) is 0 Å². The molecule has 0 amide bonds. The number of aliphatic hydroxyl groups is 1. The molecule has 0 aromatic heterocycles. The third-order valence-electron chi connectivity index (χ3n) is 4.31. The summed E-state index contributed by atoms with van der Waals surface area (Å²) in [5.41, 5.74) is -1.88. The molecule has 2 nitrogen and oxygen atoms in total. The highest BCUT2D eigenvalue weighted by molar-refractivity contribution is 6.35. The number of hydrogen-bond acceptors (Lipinski definition) is 2. The van der Waals surface area contributed by atoms with Crippen LogP contribution >= 0.6 is 23.2 Å². The van der Waals surface area contributed by atoms with Crippen LogP contribution < -0.4 is 0 Å². The Labute approximate surface area is 135 Å². The number of rotatable bonds is 2. The van der Waals surface area contributed by atoms with Gasteiger partial charge in [-0.15, -0.1) is 0 Å². The molecule has 0 bridgehead atoms. The first-order chi connectivity index (χ1) is 9.37. The lowest BCUT2D eigenvalue weighted by atomic mass is 9.72. The van der Waals surface area contributed by atoms with Gasteiger partial charge in [0.15, 0.2) is 0 Å². The van der Waals surface area contributed by atoms with E-state index in [0.717, 1.165) is 0 Å². The van der Waals surface area contributed by atoms with Gasteiger partial charge in [0.1, 0.15) is 5.82 Å². The van der Waals surface area contributed by atoms with E-state index in [1.807, 2.05) is 27.7 Å². The molecule has 2 unspecified atom stereocenters. The number of benzene rings is 1. The van der Waals surface area contributed by atoms with E-state index in [-0.39, 0.29) is 21.6 Å². The molecule has 2 atom stereocenters. The first-order valence-electron chi connectivity index (χ1n) is 6.94. The second-order valence-corrected chi connectivity index (χ2v) is 7.93. The minimum atomic E-state index is -1.32. The Kier molecular flexibility index (Phi) is 4.12. The molecule has 5 heteroatoms. The Morgan fingerprint density at radius 3 is 2.29 bits per heavy atom. The number of ether oxygens (including phenoxy) is 1. The molecule has 2 rings (SSSR count). The molecule has 118 valence electrons. The number of hydrogen-bond donors (Lipinski definition) is 1. The summed E-state index contributed by atoms with van der Waals surface area (Å²) in [6, 6.07) is 2.54. The largest absolute Gasteiger partial charge is 0.385 e. The van der Waals surface area contributed by atoms with E-state index in [1.54, 1.807) is 6.92 Å². The maximum Gasteiger partial charge on any atom is 0.142 e. The topological polar surface area (TPSA) is 29.5 Å². The lowest BCUT2D eigenvalue weighted by molar-refractivity contribution is -0.111. The quantitative estimate of drug-likeness (QED) is 0.776. The lowest BCUT2D eigenvalue weighted by Crippen LogP contribution is -2.42. The molecule has 1 aliphatic heterocycles. The Hall–Kier alpha value is -0.350. The van der Waals surface area contributed by atoms with Crippen molar-refractivity contribution in [1.82, 2.24) is 0 Å². The van der Waals surface area contributed by atoms with Crippen LogP contribution in [0.25, 0.3) is 0 Å². The van der Waals surface area contributed by atoms with Crippen molar-refractivity contribution < 1.29 is 14.2 Å². The molecule has 0 spiro atoms. The van der Waals surface area contributed by atoms with E-state index < -0.39 is 17.0 Å². The monoisotopic (exact) mass is 334 g/mol. The highest BCUT2D eigenvalue weighted by Crippen LogP contribution is 2.51. The lowest BCUT2D eigenvalue weighted by Gasteiger charge is -2.38. The van der Waals surface area contributed by atoms with Crippen LogP contribution in [-0.2, 0) is 10.3 Å². The first-order valence-corrected chi connectivity index (χ1v) is 7.70. The summed E-state index contributed by atoms with van der Waals surface area (Å²) >= 11 is 11.9. The molecule has 1 aromatic carbocycles. The van der Waals surface area contributed by atoms with E-state index >= 15 is 0 Å². The maximum atomic E-state index is 13.8. The van der Waals surface area contributed by atoms with Crippen molar-refractivity contribution in [3.8, 4) is 0 Å². The van der Waals surface area contributed by atoms with Gasteiger partial charge < -0.3 is 9.84 Å². The van der Waals surface area contributed by atoms with E-state index in [2.05, 4.69) is 0 Å². The van der Waals surface area contributed by atoms with Gasteiger partial charge in [-0.2, -0.15) is 0 Å². The zero-order valence-corrected chi connectivity index (χ0v) is 14.4. The minimum absolute atomic E-state index is 0.0539. The summed E-state index contributed by atoms with van der Waals surface area (Å²) in [7, 11) is 0. The van der Waals surface area contributed by atoms with Gasteiger partial charge in [0, 0.05) is 16.5 Å². The van der Waals surface area contributed by atoms with Gasteiger partial charge in [-0.1, -0.05) is 23.2 Å². The average molecular weight is 335 g/mol. The summed E-state index contributed by atoms with van der Waals surface area (Å²) < 4.78 is 19.8. The summed E-state index contributed by atoms with van der Waals surface area (Å²) in [5.74, 6) is -0.814. The Morgan fingerprint density at radius 2 is 1.81 bits per heavy atom. The molecule has 0 radical (unpaired) electrons. The minimum Gasteiger partial charge on any atom is -0.385 e. The maximum absolute atomic E-state index is 13.8. The highest BCUT2D eigenvalue weighted by atomic mass is 35.5. The van der Waals surface area contributed by atoms with E-state index in [4.69, 9.17) is 27.9 Å². The molecule has 0 saturated carbocycles. The summed E-state index contributed by atoms with van der Waals surface area (Å²) in [6.07, 6.45) is 0.646. The second kappa shape index (κ2) is 5.09. The summed E-state index contributed by atoms with van der Waals surface area (Å²) in [5, 5.41) is 11.3. The standard InChI is InChI=1S/C16H21Cl2FO2/c1-14(2)8-13(15(3,4)21-14)16(5,20)9-6-12(19)11(18)7-10(9)17/h6-7,13,20H,8H2,1-5H3. The molecule has 1 saturated heterocycles. The Morgan fingerprint density at radius 1 is 1.24 bits per heavy atom. The fourth-order valence-electron chi connectivity index (χ4n) is 3.54. The van der Waals surface area contributed by atoms with Crippen molar-refractivity contribution in [3.63, 3.8) is 0 Å². The molecule has 21 heavy (non-hydrogen) atoms. The van der Waals surface area contributed by atoms with Crippen LogP contribution in [0.2, 0.25) is 10.0 Å². The first kappa shape index (κ1) is 17.0. The molecular weight excluding hydrogens is 314 g/mol. The van der Waals surface area contributed by atoms with Crippen LogP contribution in [0.4, 0.5) is 4.39 Å². The van der Waals surface area contributed by atoms with Gasteiger partial charge in [-0.25, -0.2) is 4.39 Å². The van der Waals surface area contributed by atoms with Crippen LogP contribution in [0, 0.1) is 11.7 Å². The van der Waals surface area contributed by atoms with E-state index in [1.165, 1.54) is 12.1 Å². The second-order valence-electron chi connectivity index (χ2n) is 7.12. The molecule has 0 aliphatic carbocycles. The highest BCUT2D eigenvalue weighted by Gasteiger charge is 2.54. The molecule has 1 fully saturated rings. The van der Waals surface area contributed by atoms with Gasteiger partial charge in [0.2, 0.25) is 0 Å². The Balaban J connectivity index is 2.50. The van der Waals surface area contributed by atoms with Crippen LogP contribution in [0.3, 0.4) is 0 Å². The smallest absolute Gasteiger partial charge is 0.142 e. The van der Waals surface area contributed by atoms with Gasteiger partial charge in [-0.3, -0.25) is 0 Å². The normalized spacial score (nSPS) is 26.6. The molecule has 1 heterocycles. The average Bonchev–Trinajstić information content (AvgIpc) is 2.52. The zero-order valence-electron chi connectivity index (χ0n) is 12.9. The third-order valence-corrected chi connectivity index (χ3v) is 4.91. The molecular formula is C16H21Cl2FO2. The van der Waals surface area contributed by atoms with Crippen LogP contribution in [0.5, 0.6) is 0 Å². The van der Waals surface area contributed by atoms with Crippen molar-refractivity contribution in [2.24, 2.45) is 5.92 Å². The third kappa shape index (κ3) is 3.07. The van der Waals surface area contributed by atoms with E-state index in [0.29, 0.717) is 12.0 Å². The van der Waals surface area contributed by atoms with Gasteiger partial charge in [0.05, 0.1) is 21.8 Å². The van der Waals surface area contributed by atoms with Crippen molar-refractivity contribution >= 4 is 23.2 Å². The predicted molar refractivity (Wildman–Crippen MR) is 83.3 cm³/mol. The SMILES string of the molecule is CC1(C)CC(C(C)(O)c2cc(F)c(Cl)cc2Cl)C(C)(C)O1. The molecule has 1 N–H and O–H groups in total. The van der Waals surface area contributed by atoms with Crippen molar-refractivity contribution in [2.45, 2.75) is 57.8 Å². The summed E-state index contributed by atoms with van der Waals surface area (Å²) in [6.45, 7) is 9.48. The fourth-order valence-corrected chi connectivity index (χ4v) is 4.11. The van der Waals surface area contributed by atoms with E-state index in [9.17, 15) is 9.50 Å². The van der Waals surface area contributed by atoms with Crippen molar-refractivity contribution in [3.05, 3.63) is 33.6 Å². The molecule has 1 aromatic rings. The van der Waals surface area contributed by atoms with Crippen molar-refractivity contribution in [1.29, 1.82) is 0 Å².